The standard InChI is InChI=1S/C29H29ClN4O4.C23H27BClN3O4.C12H14BrNO2/c30-25-15-22(20-3-5-21(6-4-20)26(35)18-34-9-11-37-12-10-34)13-23-14-24(38-29(23)25)17-33-28(36)8-2-19-1-7-27(31)32-16-19;1-22(2)23(3,4)32-24(31-22)16-9-15-10-17(30-21(15)18(25)11-16)13-28-20(29)8-6-14-5-7-19(26)27-12-14;13-11-3-1-10(2-4-11)12(15)9-14-5-7-16-8-6-14/h1-8,13,15-16,24H,9-12,14,17-18H2,(H2,31,32)(H,33,36);5-9,11-12,17H,10,13H2,1-4H3,(H2,26,27)(H,28,29);1-4H,5-9H2/b8-2+;8-6+;. The number of benzene rings is 4. The predicted molar refractivity (Wildman–Crippen MR) is 339 cm³/mol. The molecule has 0 radical (unpaired) electrons. The summed E-state index contributed by atoms with van der Waals surface area (Å²) in [5.41, 5.74) is 18.1. The van der Waals surface area contributed by atoms with E-state index in [-0.39, 0.29) is 35.6 Å². The number of carbonyl (C=O) groups is 4. The number of rotatable bonds is 16. The van der Waals surface area contributed by atoms with Crippen LogP contribution in [0.2, 0.25) is 10.0 Å². The molecule has 5 aliphatic rings. The molecule has 6 aromatic rings. The van der Waals surface area contributed by atoms with Crippen LogP contribution < -0.4 is 37.0 Å². The van der Waals surface area contributed by atoms with Gasteiger partial charge in [0, 0.05) is 84.7 Å². The number of ether oxygens (including phenoxy) is 4. The largest absolute Gasteiger partial charge is 0.494 e. The highest BCUT2D eigenvalue weighted by atomic mass is 79.9. The van der Waals surface area contributed by atoms with E-state index in [9.17, 15) is 19.2 Å². The lowest BCUT2D eigenvalue weighted by Gasteiger charge is -2.32. The smallest absolute Gasteiger partial charge is 0.486 e. The number of nitrogen functional groups attached to an aromatic ring is 2. The van der Waals surface area contributed by atoms with Gasteiger partial charge in [-0.2, -0.15) is 0 Å². The van der Waals surface area contributed by atoms with Gasteiger partial charge in [0.2, 0.25) is 11.8 Å². The van der Waals surface area contributed by atoms with Gasteiger partial charge < -0.3 is 50.4 Å². The Morgan fingerprint density at radius 1 is 0.616 bits per heavy atom. The number of pyridine rings is 2. The Balaban J connectivity index is 0.000000166. The number of nitrogens with zero attached hydrogens (tertiary/aromatic N) is 4. The number of fused-ring (bicyclic) bond motifs is 2. The fourth-order valence-corrected chi connectivity index (χ4v) is 10.7. The van der Waals surface area contributed by atoms with Crippen molar-refractivity contribution in [3.8, 4) is 22.6 Å². The third kappa shape index (κ3) is 17.4. The van der Waals surface area contributed by atoms with Crippen molar-refractivity contribution in [3.05, 3.63) is 170 Å². The first-order chi connectivity index (χ1) is 41.2. The normalized spacial score (nSPS) is 18.6. The Morgan fingerprint density at radius 2 is 1.06 bits per heavy atom. The van der Waals surface area contributed by atoms with Crippen molar-refractivity contribution in [2.45, 2.75) is 63.9 Å². The zero-order valence-electron chi connectivity index (χ0n) is 48.5. The van der Waals surface area contributed by atoms with Gasteiger partial charge in [0.05, 0.1) is 73.9 Å². The number of nitrogens with two attached hydrogens (primary N) is 2. The number of halogens is 3. The summed E-state index contributed by atoms with van der Waals surface area (Å²) in [4.78, 5) is 61.3. The number of hydrogen-bond acceptors (Lipinski definition) is 16. The molecular formula is C64H70BBrCl2N8O10. The van der Waals surface area contributed by atoms with Crippen LogP contribution in [0.3, 0.4) is 0 Å². The molecule has 450 valence electrons. The first-order valence-electron chi connectivity index (χ1n) is 28.5. The molecule has 6 N–H and O–H groups in total. The number of nitrogens with one attached hydrogen (secondary N) is 2. The van der Waals surface area contributed by atoms with Gasteiger partial charge in [0.1, 0.15) is 35.3 Å². The molecule has 3 fully saturated rings. The van der Waals surface area contributed by atoms with Crippen LogP contribution in [0.4, 0.5) is 11.6 Å². The average Bonchev–Trinajstić information content (AvgIpc) is 1.97. The Kier molecular flexibility index (Phi) is 21.5. The summed E-state index contributed by atoms with van der Waals surface area (Å²) < 4.78 is 35.9. The van der Waals surface area contributed by atoms with E-state index in [1.54, 1.807) is 48.8 Å². The lowest BCUT2D eigenvalue weighted by atomic mass is 9.78. The zero-order chi connectivity index (χ0) is 61.0. The second-order valence-electron chi connectivity index (χ2n) is 22.3. The number of aromatic nitrogens is 2. The molecular weight excluding hydrogens is 1200 g/mol. The molecule has 0 bridgehead atoms. The monoisotopic (exact) mass is 1270 g/mol. The first-order valence-corrected chi connectivity index (χ1v) is 30.0. The molecule has 2 unspecified atom stereocenters. The molecule has 2 atom stereocenters. The Labute approximate surface area is 520 Å². The molecule has 5 aliphatic heterocycles. The number of anilines is 2. The highest BCUT2D eigenvalue weighted by molar-refractivity contribution is 9.10. The Morgan fingerprint density at radius 3 is 1.51 bits per heavy atom. The van der Waals surface area contributed by atoms with Crippen molar-refractivity contribution in [3.63, 3.8) is 0 Å². The molecule has 7 heterocycles. The minimum Gasteiger partial charge on any atom is -0.486 e. The van der Waals surface area contributed by atoms with Crippen molar-refractivity contribution in [2.75, 3.05) is 90.3 Å². The van der Waals surface area contributed by atoms with Crippen LogP contribution >= 0.6 is 39.1 Å². The number of Topliss-reactive ketones (excluding diaryl/α,β-unsaturated/α-hetero) is 2. The fourth-order valence-electron chi connectivity index (χ4n) is 9.82. The molecule has 2 aromatic heterocycles. The molecule has 3 saturated heterocycles. The van der Waals surface area contributed by atoms with Crippen LogP contribution in [0.1, 0.15) is 70.7 Å². The number of morpholine rings is 2. The second kappa shape index (κ2) is 29.1. The van der Waals surface area contributed by atoms with Gasteiger partial charge in [0.25, 0.3) is 0 Å². The summed E-state index contributed by atoms with van der Waals surface area (Å²) in [5, 5.41) is 6.77. The van der Waals surface area contributed by atoms with Crippen LogP contribution in [0, 0.1) is 0 Å². The Hall–Kier alpha value is -6.98. The van der Waals surface area contributed by atoms with Crippen LogP contribution in [-0.4, -0.2) is 152 Å². The highest BCUT2D eigenvalue weighted by Crippen LogP contribution is 2.41. The van der Waals surface area contributed by atoms with Crippen molar-refractivity contribution < 1.29 is 47.4 Å². The summed E-state index contributed by atoms with van der Waals surface area (Å²) in [7, 11) is -0.491. The summed E-state index contributed by atoms with van der Waals surface area (Å²) in [5.74, 6) is 1.99. The Bertz CT molecular complexity index is 3400. The molecule has 0 saturated carbocycles. The van der Waals surface area contributed by atoms with Gasteiger partial charge in [-0.3, -0.25) is 29.0 Å². The van der Waals surface area contributed by atoms with E-state index >= 15 is 0 Å². The third-order valence-corrected chi connectivity index (χ3v) is 16.5. The van der Waals surface area contributed by atoms with Crippen LogP contribution in [0.5, 0.6) is 11.5 Å². The highest BCUT2D eigenvalue weighted by Gasteiger charge is 2.52. The third-order valence-electron chi connectivity index (χ3n) is 15.4. The van der Waals surface area contributed by atoms with E-state index in [0.717, 1.165) is 88.3 Å². The van der Waals surface area contributed by atoms with Gasteiger partial charge in [-0.15, -0.1) is 0 Å². The van der Waals surface area contributed by atoms with E-state index in [2.05, 4.69) is 52.4 Å². The van der Waals surface area contributed by atoms with Crippen molar-refractivity contribution >= 4 is 98.9 Å². The van der Waals surface area contributed by atoms with Crippen molar-refractivity contribution in [1.29, 1.82) is 0 Å². The lowest BCUT2D eigenvalue weighted by Crippen LogP contribution is -2.41. The second-order valence-corrected chi connectivity index (χ2v) is 24.0. The van der Waals surface area contributed by atoms with Crippen LogP contribution in [0.15, 0.2) is 126 Å². The van der Waals surface area contributed by atoms with Gasteiger partial charge in [-0.25, -0.2) is 9.97 Å². The van der Waals surface area contributed by atoms with E-state index in [4.69, 9.17) is 62.9 Å². The number of carbonyl (C=O) groups excluding carboxylic acids is 4. The predicted octanol–water partition coefficient (Wildman–Crippen LogP) is 8.35. The average molecular weight is 1270 g/mol. The summed E-state index contributed by atoms with van der Waals surface area (Å²) in [6.45, 7) is 15.7. The molecule has 4 aromatic carbocycles. The van der Waals surface area contributed by atoms with Crippen molar-refractivity contribution in [2.24, 2.45) is 0 Å². The molecule has 18 nitrogen and oxygen atoms in total. The van der Waals surface area contributed by atoms with Gasteiger partial charge in [-0.1, -0.05) is 81.6 Å². The minimum atomic E-state index is -0.491. The summed E-state index contributed by atoms with van der Waals surface area (Å²) in [6, 6.07) is 29.8. The number of hydrogen-bond donors (Lipinski definition) is 4. The molecule has 0 spiro atoms. The van der Waals surface area contributed by atoms with E-state index in [1.807, 2.05) is 94.4 Å². The maximum Gasteiger partial charge on any atom is 0.494 e. The van der Waals surface area contributed by atoms with Crippen LogP contribution in [0.25, 0.3) is 23.3 Å². The number of amides is 2. The summed E-state index contributed by atoms with van der Waals surface area (Å²) in [6.07, 6.45) is 10.3. The fraction of sp³-hybridized carbons (Fsp3) is 0.344. The maximum atomic E-state index is 12.7. The quantitative estimate of drug-likeness (QED) is 0.0405. The minimum absolute atomic E-state index is 0.101. The SMILES string of the molecule is CC1(C)OB(c2cc(Cl)c3c(c2)CC(CNC(=O)/C=C/c2ccc(N)nc2)O3)OC1(C)C.Nc1ccc(/C=C/C(=O)NCC2Cc3cc(-c4ccc(C(=O)CN5CCOCC5)cc4)cc(Cl)c3O2)cn1.O=C(CN1CCOCC1)c1ccc(Br)cc1. The van der Waals surface area contributed by atoms with Gasteiger partial charge in [0.15, 0.2) is 11.6 Å². The molecule has 86 heavy (non-hydrogen) atoms. The molecule has 0 aliphatic carbocycles. The van der Waals surface area contributed by atoms with Gasteiger partial charge in [-0.05, 0) is 128 Å². The number of ketones is 2. The van der Waals surface area contributed by atoms with E-state index in [1.165, 1.54) is 12.2 Å². The lowest BCUT2D eigenvalue weighted by molar-refractivity contribution is -0.117. The molecule has 2 amide bonds. The topological polar surface area (TPSA) is 232 Å². The first kappa shape index (κ1) is 63.5. The van der Waals surface area contributed by atoms with Gasteiger partial charge >= 0.3 is 7.12 Å². The zero-order valence-corrected chi connectivity index (χ0v) is 51.6. The van der Waals surface area contributed by atoms with Crippen LogP contribution in [-0.2, 0) is 41.2 Å². The molecule has 22 heteroatoms. The van der Waals surface area contributed by atoms with Crippen molar-refractivity contribution in [1.82, 2.24) is 30.4 Å². The summed E-state index contributed by atoms with van der Waals surface area (Å²) >= 11 is 16.4. The van der Waals surface area contributed by atoms with E-state index < -0.39 is 18.3 Å². The maximum absolute atomic E-state index is 12.7. The molecule has 11 rings (SSSR count). The van der Waals surface area contributed by atoms with E-state index in [0.29, 0.717) is 91.0 Å².